The average Bonchev–Trinajstić information content (AvgIpc) is 3.29. The molecule has 1 unspecified atom stereocenters. The molecular formula is C19H25N5O. The summed E-state index contributed by atoms with van der Waals surface area (Å²) in [5, 5.41) is 7.64. The second kappa shape index (κ2) is 8.09. The summed E-state index contributed by atoms with van der Waals surface area (Å²) >= 11 is 0. The molecule has 1 aromatic carbocycles. The molecule has 6 nitrogen and oxygen atoms in total. The van der Waals surface area contributed by atoms with Crippen LogP contribution in [0.15, 0.2) is 48.9 Å². The van der Waals surface area contributed by atoms with Gasteiger partial charge in [0.2, 0.25) is 0 Å². The van der Waals surface area contributed by atoms with E-state index in [-0.39, 0.29) is 6.04 Å². The van der Waals surface area contributed by atoms with Crippen LogP contribution in [-0.2, 0) is 17.8 Å². The summed E-state index contributed by atoms with van der Waals surface area (Å²) in [6, 6.07) is 12.6. The van der Waals surface area contributed by atoms with Gasteiger partial charge in [0.25, 0.3) is 0 Å². The SMILES string of the molecule is COCCn1cncc1CN(C)C(C)c1cc(-c2ccccc2)n[nH]1. The third kappa shape index (κ3) is 4.15. The summed E-state index contributed by atoms with van der Waals surface area (Å²) in [7, 11) is 3.83. The topological polar surface area (TPSA) is 59.0 Å². The van der Waals surface area contributed by atoms with Crippen molar-refractivity contribution in [2.75, 3.05) is 20.8 Å². The number of imidazole rings is 1. The second-order valence-electron chi connectivity index (χ2n) is 6.24. The number of rotatable bonds is 8. The summed E-state index contributed by atoms with van der Waals surface area (Å²) < 4.78 is 7.30. The largest absolute Gasteiger partial charge is 0.383 e. The van der Waals surface area contributed by atoms with Gasteiger partial charge in [-0.2, -0.15) is 5.10 Å². The molecule has 0 amide bonds. The highest BCUT2D eigenvalue weighted by atomic mass is 16.5. The highest BCUT2D eigenvalue weighted by Crippen LogP contribution is 2.24. The van der Waals surface area contributed by atoms with Crippen molar-refractivity contribution in [1.82, 2.24) is 24.6 Å². The molecule has 1 atom stereocenters. The van der Waals surface area contributed by atoms with Crippen LogP contribution >= 0.6 is 0 Å². The first kappa shape index (κ1) is 17.4. The molecule has 132 valence electrons. The highest BCUT2D eigenvalue weighted by Gasteiger charge is 2.16. The standard InChI is InChI=1S/C19H25N5O/c1-15(18-11-19(22-21-18)16-7-5-4-6-8-16)23(2)13-17-12-20-14-24(17)9-10-25-3/h4-8,11-12,14-15H,9-10,13H2,1-3H3,(H,21,22). The van der Waals surface area contributed by atoms with E-state index in [0.29, 0.717) is 6.61 Å². The lowest BCUT2D eigenvalue weighted by Crippen LogP contribution is -2.24. The molecule has 3 aromatic rings. The Balaban J connectivity index is 1.68. The summed E-state index contributed by atoms with van der Waals surface area (Å²) in [5.41, 5.74) is 4.37. The number of hydrogen-bond donors (Lipinski definition) is 1. The molecule has 0 bridgehead atoms. The molecule has 1 N–H and O–H groups in total. The maximum absolute atomic E-state index is 5.16. The zero-order valence-electron chi connectivity index (χ0n) is 15.0. The van der Waals surface area contributed by atoms with Gasteiger partial charge in [0.05, 0.1) is 30.0 Å². The fourth-order valence-electron chi connectivity index (χ4n) is 2.81. The summed E-state index contributed by atoms with van der Waals surface area (Å²) in [6.45, 7) is 4.49. The molecule has 0 fully saturated rings. The number of nitrogens with one attached hydrogen (secondary N) is 1. The van der Waals surface area contributed by atoms with Crippen molar-refractivity contribution in [2.45, 2.75) is 26.1 Å². The second-order valence-corrected chi connectivity index (χ2v) is 6.24. The number of hydrogen-bond acceptors (Lipinski definition) is 4. The van der Waals surface area contributed by atoms with Gasteiger partial charge in [-0.15, -0.1) is 0 Å². The molecular weight excluding hydrogens is 314 g/mol. The van der Waals surface area contributed by atoms with E-state index in [0.717, 1.165) is 30.0 Å². The minimum absolute atomic E-state index is 0.218. The smallest absolute Gasteiger partial charge is 0.0949 e. The average molecular weight is 339 g/mol. The molecule has 0 saturated heterocycles. The predicted molar refractivity (Wildman–Crippen MR) is 98.0 cm³/mol. The molecule has 0 spiro atoms. The molecule has 0 aliphatic heterocycles. The Morgan fingerprint density at radius 1 is 1.28 bits per heavy atom. The van der Waals surface area contributed by atoms with E-state index < -0.39 is 0 Å². The first-order valence-electron chi connectivity index (χ1n) is 8.48. The molecule has 3 rings (SSSR count). The first-order chi connectivity index (χ1) is 12.2. The normalized spacial score (nSPS) is 12.6. The minimum atomic E-state index is 0.218. The molecule has 0 radical (unpaired) electrons. The fraction of sp³-hybridized carbons (Fsp3) is 0.368. The third-order valence-corrected chi connectivity index (χ3v) is 4.52. The van der Waals surface area contributed by atoms with Crippen molar-refractivity contribution >= 4 is 0 Å². The van der Waals surface area contributed by atoms with Gasteiger partial charge in [0, 0.05) is 38.0 Å². The number of benzene rings is 1. The molecule has 0 aliphatic rings. The van der Waals surface area contributed by atoms with Crippen LogP contribution in [0, 0.1) is 0 Å². The van der Waals surface area contributed by atoms with Gasteiger partial charge in [-0.05, 0) is 20.0 Å². The highest BCUT2D eigenvalue weighted by molar-refractivity contribution is 5.59. The van der Waals surface area contributed by atoms with Crippen LogP contribution in [0.5, 0.6) is 0 Å². The Bertz CT molecular complexity index is 780. The predicted octanol–water partition coefficient (Wildman–Crippen LogP) is 3.11. The van der Waals surface area contributed by atoms with E-state index in [4.69, 9.17) is 4.74 Å². The first-order valence-corrected chi connectivity index (χ1v) is 8.48. The van der Waals surface area contributed by atoms with Crippen molar-refractivity contribution in [1.29, 1.82) is 0 Å². The minimum Gasteiger partial charge on any atom is -0.383 e. The van der Waals surface area contributed by atoms with Crippen molar-refractivity contribution in [3.8, 4) is 11.3 Å². The van der Waals surface area contributed by atoms with Gasteiger partial charge in [-0.25, -0.2) is 4.98 Å². The maximum Gasteiger partial charge on any atom is 0.0949 e. The summed E-state index contributed by atoms with van der Waals surface area (Å²) in [6.07, 6.45) is 3.78. The number of methoxy groups -OCH3 is 1. The van der Waals surface area contributed by atoms with Crippen LogP contribution in [0.3, 0.4) is 0 Å². The lowest BCUT2D eigenvalue weighted by atomic mass is 10.1. The monoisotopic (exact) mass is 339 g/mol. The van der Waals surface area contributed by atoms with Crippen molar-refractivity contribution in [2.24, 2.45) is 0 Å². The van der Waals surface area contributed by atoms with Crippen LogP contribution in [0.25, 0.3) is 11.3 Å². The number of aromatic amines is 1. The van der Waals surface area contributed by atoms with Crippen molar-refractivity contribution < 1.29 is 4.74 Å². The number of ether oxygens (including phenoxy) is 1. The third-order valence-electron chi connectivity index (χ3n) is 4.52. The summed E-state index contributed by atoms with van der Waals surface area (Å²) in [4.78, 5) is 6.54. The van der Waals surface area contributed by atoms with E-state index in [1.165, 1.54) is 5.69 Å². The number of H-pyrrole nitrogens is 1. The summed E-state index contributed by atoms with van der Waals surface area (Å²) in [5.74, 6) is 0. The Morgan fingerprint density at radius 2 is 2.08 bits per heavy atom. The fourth-order valence-corrected chi connectivity index (χ4v) is 2.81. The Morgan fingerprint density at radius 3 is 2.84 bits per heavy atom. The number of nitrogens with zero attached hydrogens (tertiary/aromatic N) is 4. The Hall–Kier alpha value is -2.44. The number of aromatic nitrogens is 4. The van der Waals surface area contributed by atoms with E-state index in [1.807, 2.05) is 30.7 Å². The quantitative estimate of drug-likeness (QED) is 0.685. The van der Waals surface area contributed by atoms with E-state index >= 15 is 0 Å². The van der Waals surface area contributed by atoms with Crippen LogP contribution < -0.4 is 0 Å². The van der Waals surface area contributed by atoms with E-state index in [2.05, 4.69) is 56.8 Å². The van der Waals surface area contributed by atoms with Crippen molar-refractivity contribution in [3.63, 3.8) is 0 Å². The molecule has 2 heterocycles. The molecule has 6 heteroatoms. The van der Waals surface area contributed by atoms with Crippen LogP contribution in [0.2, 0.25) is 0 Å². The Kier molecular flexibility index (Phi) is 5.63. The zero-order valence-corrected chi connectivity index (χ0v) is 15.0. The van der Waals surface area contributed by atoms with Gasteiger partial charge in [-0.1, -0.05) is 30.3 Å². The van der Waals surface area contributed by atoms with Gasteiger partial charge in [-0.3, -0.25) is 10.00 Å². The molecule has 25 heavy (non-hydrogen) atoms. The van der Waals surface area contributed by atoms with E-state index in [9.17, 15) is 0 Å². The van der Waals surface area contributed by atoms with Crippen molar-refractivity contribution in [3.05, 3.63) is 60.3 Å². The van der Waals surface area contributed by atoms with Crippen LogP contribution in [-0.4, -0.2) is 45.4 Å². The van der Waals surface area contributed by atoms with Crippen LogP contribution in [0.1, 0.15) is 24.4 Å². The molecule has 0 aliphatic carbocycles. The lowest BCUT2D eigenvalue weighted by Gasteiger charge is -2.24. The molecule has 0 saturated carbocycles. The maximum atomic E-state index is 5.16. The lowest BCUT2D eigenvalue weighted by molar-refractivity contribution is 0.183. The van der Waals surface area contributed by atoms with Gasteiger partial charge in [0.15, 0.2) is 0 Å². The Labute approximate surface area is 148 Å². The zero-order chi connectivity index (χ0) is 17.6. The van der Waals surface area contributed by atoms with Gasteiger partial charge >= 0.3 is 0 Å². The van der Waals surface area contributed by atoms with Gasteiger partial charge in [0.1, 0.15) is 0 Å². The van der Waals surface area contributed by atoms with Crippen LogP contribution in [0.4, 0.5) is 0 Å². The molecule has 2 aromatic heterocycles. The van der Waals surface area contributed by atoms with E-state index in [1.54, 1.807) is 7.11 Å². The van der Waals surface area contributed by atoms with Gasteiger partial charge < -0.3 is 9.30 Å².